The molecule has 0 aromatic heterocycles. The number of rotatable bonds is 8. The van der Waals surface area contributed by atoms with Gasteiger partial charge in [-0.1, -0.05) is 33.1 Å². The van der Waals surface area contributed by atoms with Crippen molar-refractivity contribution in [2.45, 2.75) is 64.8 Å². The lowest BCUT2D eigenvalue weighted by molar-refractivity contribution is -0.143. The quantitative estimate of drug-likeness (QED) is 0.709. The Balaban J connectivity index is 2.56. The van der Waals surface area contributed by atoms with Crippen LogP contribution in [0.15, 0.2) is 0 Å². The Morgan fingerprint density at radius 1 is 1.18 bits per heavy atom. The summed E-state index contributed by atoms with van der Waals surface area (Å²) in [5, 5.41) is 9.26. The second-order valence-electron chi connectivity index (χ2n) is 5.19. The van der Waals surface area contributed by atoms with E-state index in [-0.39, 0.29) is 5.92 Å². The fraction of sp³-hybridized carbons (Fsp3) is 0.929. The lowest BCUT2D eigenvalue weighted by atomic mass is 10.0. The Morgan fingerprint density at radius 2 is 1.76 bits per heavy atom. The molecule has 0 spiro atoms. The zero-order valence-corrected chi connectivity index (χ0v) is 11.3. The highest BCUT2D eigenvalue weighted by Crippen LogP contribution is 2.30. The van der Waals surface area contributed by atoms with Gasteiger partial charge in [0.15, 0.2) is 0 Å². The minimum absolute atomic E-state index is 0.122. The maximum absolute atomic E-state index is 11.2. The second kappa shape index (κ2) is 7.70. The number of nitrogens with zero attached hydrogens (tertiary/aromatic N) is 1. The van der Waals surface area contributed by atoms with E-state index in [4.69, 9.17) is 0 Å². The van der Waals surface area contributed by atoms with E-state index in [1.807, 2.05) is 0 Å². The van der Waals surface area contributed by atoms with Gasteiger partial charge in [0, 0.05) is 6.04 Å². The molecule has 2 unspecified atom stereocenters. The van der Waals surface area contributed by atoms with E-state index in [1.54, 1.807) is 0 Å². The molecule has 100 valence electrons. The summed E-state index contributed by atoms with van der Waals surface area (Å²) < 4.78 is 0. The first kappa shape index (κ1) is 14.5. The van der Waals surface area contributed by atoms with Crippen LogP contribution in [-0.2, 0) is 4.79 Å². The Hall–Kier alpha value is -0.570. The molecular weight excluding hydrogens is 214 g/mol. The predicted molar refractivity (Wildman–Crippen MR) is 70.2 cm³/mol. The van der Waals surface area contributed by atoms with Crippen LogP contribution in [0.4, 0.5) is 0 Å². The Labute approximate surface area is 105 Å². The van der Waals surface area contributed by atoms with E-state index >= 15 is 0 Å². The molecule has 0 bridgehead atoms. The van der Waals surface area contributed by atoms with E-state index in [9.17, 15) is 9.90 Å². The molecule has 0 aromatic carbocycles. The molecule has 2 atom stereocenters. The third kappa shape index (κ3) is 4.30. The van der Waals surface area contributed by atoms with Crippen molar-refractivity contribution in [3.63, 3.8) is 0 Å². The van der Waals surface area contributed by atoms with Crippen LogP contribution in [0.25, 0.3) is 0 Å². The molecule has 0 aromatic rings. The first-order valence-electron chi connectivity index (χ1n) is 7.17. The van der Waals surface area contributed by atoms with Crippen LogP contribution in [0.2, 0.25) is 0 Å². The number of unbranched alkanes of at least 4 members (excludes halogenated alkanes) is 2. The Morgan fingerprint density at radius 3 is 2.24 bits per heavy atom. The summed E-state index contributed by atoms with van der Waals surface area (Å²) in [6.07, 6.45) is 7.77. The molecule has 0 radical (unpaired) electrons. The lowest BCUT2D eigenvalue weighted by Gasteiger charge is -2.31. The molecule has 1 fully saturated rings. The molecule has 17 heavy (non-hydrogen) atoms. The van der Waals surface area contributed by atoms with Gasteiger partial charge in [-0.3, -0.25) is 9.69 Å². The fourth-order valence-corrected chi connectivity index (χ4v) is 2.83. The molecule has 0 amide bonds. The van der Waals surface area contributed by atoms with Crippen molar-refractivity contribution in [1.29, 1.82) is 0 Å². The number of aliphatic carboxylic acids is 1. The van der Waals surface area contributed by atoms with Gasteiger partial charge >= 0.3 is 5.97 Å². The average Bonchev–Trinajstić information content (AvgIpc) is 2.78. The van der Waals surface area contributed by atoms with Crippen molar-refractivity contribution in [3.8, 4) is 0 Å². The van der Waals surface area contributed by atoms with Crippen molar-refractivity contribution in [2.75, 3.05) is 13.1 Å². The smallest absolute Gasteiger partial charge is 0.308 e. The standard InChI is InChI=1S/C14H27NO2/c1-3-5-10-15(11-6-4-2)13-9-7-8-12(13)14(16)17/h12-13H,3-11H2,1-2H3,(H,16,17). The minimum atomic E-state index is -0.592. The molecule has 1 rings (SSSR count). The van der Waals surface area contributed by atoms with E-state index in [2.05, 4.69) is 18.7 Å². The third-order valence-corrected chi connectivity index (χ3v) is 3.86. The van der Waals surface area contributed by atoms with Crippen LogP contribution in [-0.4, -0.2) is 35.1 Å². The number of hydrogen-bond acceptors (Lipinski definition) is 2. The topological polar surface area (TPSA) is 40.5 Å². The van der Waals surface area contributed by atoms with Crippen LogP contribution < -0.4 is 0 Å². The fourth-order valence-electron chi connectivity index (χ4n) is 2.83. The van der Waals surface area contributed by atoms with Gasteiger partial charge in [-0.15, -0.1) is 0 Å². The summed E-state index contributed by atoms with van der Waals surface area (Å²) in [5.74, 6) is -0.714. The van der Waals surface area contributed by atoms with Gasteiger partial charge in [-0.05, 0) is 38.8 Å². The molecule has 0 aliphatic heterocycles. The SMILES string of the molecule is CCCCN(CCCC)C1CCCC1C(=O)O. The summed E-state index contributed by atoms with van der Waals surface area (Å²) in [5.41, 5.74) is 0. The van der Waals surface area contributed by atoms with Crippen molar-refractivity contribution in [1.82, 2.24) is 4.90 Å². The summed E-state index contributed by atoms with van der Waals surface area (Å²) >= 11 is 0. The molecule has 1 saturated carbocycles. The van der Waals surface area contributed by atoms with Crippen molar-refractivity contribution >= 4 is 5.97 Å². The minimum Gasteiger partial charge on any atom is -0.481 e. The normalized spacial score (nSPS) is 24.4. The van der Waals surface area contributed by atoms with Crippen molar-refractivity contribution < 1.29 is 9.90 Å². The molecule has 3 nitrogen and oxygen atoms in total. The highest BCUT2D eigenvalue weighted by Gasteiger charge is 2.36. The van der Waals surface area contributed by atoms with Gasteiger partial charge in [0.05, 0.1) is 5.92 Å². The summed E-state index contributed by atoms with van der Waals surface area (Å²) in [4.78, 5) is 13.7. The van der Waals surface area contributed by atoms with Crippen LogP contribution >= 0.6 is 0 Å². The number of carboxylic acid groups (broad SMARTS) is 1. The highest BCUT2D eigenvalue weighted by atomic mass is 16.4. The van der Waals surface area contributed by atoms with E-state index in [0.717, 1.165) is 32.4 Å². The summed E-state index contributed by atoms with van der Waals surface area (Å²) in [6, 6.07) is 0.297. The molecule has 0 heterocycles. The van der Waals surface area contributed by atoms with Crippen LogP contribution in [0.3, 0.4) is 0 Å². The predicted octanol–water partition coefficient (Wildman–Crippen LogP) is 3.14. The van der Waals surface area contributed by atoms with Gasteiger partial charge in [-0.2, -0.15) is 0 Å². The molecular formula is C14H27NO2. The monoisotopic (exact) mass is 241 g/mol. The number of carboxylic acids is 1. The van der Waals surface area contributed by atoms with E-state index in [0.29, 0.717) is 6.04 Å². The van der Waals surface area contributed by atoms with Gasteiger partial charge < -0.3 is 5.11 Å². The first-order chi connectivity index (χ1) is 8.20. The van der Waals surface area contributed by atoms with Crippen molar-refractivity contribution in [3.05, 3.63) is 0 Å². The second-order valence-corrected chi connectivity index (χ2v) is 5.19. The maximum Gasteiger partial charge on any atom is 0.308 e. The van der Waals surface area contributed by atoms with Crippen LogP contribution in [0, 0.1) is 5.92 Å². The zero-order chi connectivity index (χ0) is 12.7. The summed E-state index contributed by atoms with van der Waals surface area (Å²) in [6.45, 7) is 6.54. The van der Waals surface area contributed by atoms with E-state index in [1.165, 1.54) is 25.7 Å². The zero-order valence-electron chi connectivity index (χ0n) is 11.3. The average molecular weight is 241 g/mol. The molecule has 1 N–H and O–H groups in total. The first-order valence-corrected chi connectivity index (χ1v) is 7.17. The van der Waals surface area contributed by atoms with E-state index < -0.39 is 5.97 Å². The molecule has 1 aliphatic rings. The van der Waals surface area contributed by atoms with Gasteiger partial charge in [0.2, 0.25) is 0 Å². The van der Waals surface area contributed by atoms with Gasteiger partial charge in [0.25, 0.3) is 0 Å². The Kier molecular flexibility index (Phi) is 6.56. The Bertz CT molecular complexity index is 222. The third-order valence-electron chi connectivity index (χ3n) is 3.86. The van der Waals surface area contributed by atoms with Gasteiger partial charge in [0.1, 0.15) is 0 Å². The lowest BCUT2D eigenvalue weighted by Crippen LogP contribution is -2.41. The van der Waals surface area contributed by atoms with Crippen LogP contribution in [0.5, 0.6) is 0 Å². The molecule has 1 aliphatic carbocycles. The number of hydrogen-bond donors (Lipinski definition) is 1. The summed E-state index contributed by atoms with van der Waals surface area (Å²) in [7, 11) is 0. The molecule has 0 saturated heterocycles. The number of carbonyl (C=O) groups is 1. The maximum atomic E-state index is 11.2. The van der Waals surface area contributed by atoms with Gasteiger partial charge in [-0.25, -0.2) is 0 Å². The van der Waals surface area contributed by atoms with Crippen LogP contribution in [0.1, 0.15) is 58.8 Å². The van der Waals surface area contributed by atoms with Crippen molar-refractivity contribution in [2.24, 2.45) is 5.92 Å². The molecule has 3 heteroatoms. The highest BCUT2D eigenvalue weighted by molar-refractivity contribution is 5.71. The largest absolute Gasteiger partial charge is 0.481 e.